The van der Waals surface area contributed by atoms with Gasteiger partial charge in [-0.1, -0.05) is 24.3 Å². The lowest BCUT2D eigenvalue weighted by Crippen LogP contribution is -2.39. The molecule has 1 unspecified atom stereocenters. The normalized spacial score (nSPS) is 17.1. The molecule has 1 atom stereocenters. The lowest BCUT2D eigenvalue weighted by atomic mass is 10.1. The van der Waals surface area contributed by atoms with E-state index in [4.69, 9.17) is 10.5 Å². The fourth-order valence-electron chi connectivity index (χ4n) is 2.60. The Morgan fingerprint density at radius 1 is 1.39 bits per heavy atom. The van der Waals surface area contributed by atoms with Gasteiger partial charge in [0.25, 0.3) is 0 Å². The molecule has 0 aromatic heterocycles. The Morgan fingerprint density at radius 3 is 2.72 bits per heavy atom. The Balaban J connectivity index is 1.96. The van der Waals surface area contributed by atoms with Crippen molar-refractivity contribution in [1.82, 2.24) is 4.90 Å². The fourth-order valence-corrected chi connectivity index (χ4v) is 2.60. The minimum atomic E-state index is 0.538. The molecule has 3 nitrogen and oxygen atoms in total. The van der Waals surface area contributed by atoms with Gasteiger partial charge in [-0.15, -0.1) is 0 Å². The summed E-state index contributed by atoms with van der Waals surface area (Å²) in [4.78, 5) is 2.39. The zero-order chi connectivity index (χ0) is 13.0. The van der Waals surface area contributed by atoms with Crippen molar-refractivity contribution in [3.63, 3.8) is 0 Å². The van der Waals surface area contributed by atoms with Crippen LogP contribution in [0.3, 0.4) is 0 Å². The van der Waals surface area contributed by atoms with Crippen LogP contribution in [0.15, 0.2) is 24.3 Å². The van der Waals surface area contributed by atoms with Gasteiger partial charge in [0.1, 0.15) is 0 Å². The van der Waals surface area contributed by atoms with Crippen molar-refractivity contribution >= 4 is 0 Å². The largest absolute Gasteiger partial charge is 0.380 e. The number of nitrogens with zero attached hydrogens (tertiary/aromatic N) is 1. The number of hydrogen-bond acceptors (Lipinski definition) is 3. The zero-order valence-electron chi connectivity index (χ0n) is 11.4. The van der Waals surface area contributed by atoms with Crippen LogP contribution in [0.25, 0.3) is 0 Å². The minimum Gasteiger partial charge on any atom is -0.380 e. The average Bonchev–Trinajstić information content (AvgIpc) is 3.15. The van der Waals surface area contributed by atoms with E-state index in [-0.39, 0.29) is 0 Å². The highest BCUT2D eigenvalue weighted by molar-refractivity contribution is 5.23. The van der Waals surface area contributed by atoms with Crippen molar-refractivity contribution in [3.05, 3.63) is 35.4 Å². The summed E-state index contributed by atoms with van der Waals surface area (Å²) < 4.78 is 5.17. The lowest BCUT2D eigenvalue weighted by molar-refractivity contribution is 0.184. The van der Waals surface area contributed by atoms with Gasteiger partial charge in [0.2, 0.25) is 0 Å². The van der Waals surface area contributed by atoms with E-state index in [0.29, 0.717) is 12.6 Å². The topological polar surface area (TPSA) is 38.5 Å². The van der Waals surface area contributed by atoms with Gasteiger partial charge in [0.15, 0.2) is 0 Å². The van der Waals surface area contributed by atoms with E-state index < -0.39 is 0 Å². The van der Waals surface area contributed by atoms with Crippen molar-refractivity contribution < 1.29 is 4.74 Å². The standard InChI is InChI=1S/C15H24N2O/c1-17(15(9-16)14-6-7-14)10-12-4-3-5-13(8-12)11-18-2/h3-5,8,14-15H,6-7,9-11,16H2,1-2H3. The maximum atomic E-state index is 5.88. The average molecular weight is 248 g/mol. The molecule has 1 aromatic carbocycles. The fraction of sp³-hybridized carbons (Fsp3) is 0.600. The van der Waals surface area contributed by atoms with Crippen LogP contribution >= 0.6 is 0 Å². The Bertz CT molecular complexity index is 377. The Hall–Kier alpha value is -0.900. The van der Waals surface area contributed by atoms with Crippen LogP contribution in [-0.2, 0) is 17.9 Å². The molecule has 100 valence electrons. The number of ether oxygens (including phenoxy) is 1. The SMILES string of the molecule is COCc1cccc(CN(C)C(CN)C2CC2)c1. The quantitative estimate of drug-likeness (QED) is 0.802. The van der Waals surface area contributed by atoms with Crippen LogP contribution in [-0.4, -0.2) is 31.6 Å². The smallest absolute Gasteiger partial charge is 0.0713 e. The molecule has 18 heavy (non-hydrogen) atoms. The van der Waals surface area contributed by atoms with Gasteiger partial charge in [0.05, 0.1) is 6.61 Å². The van der Waals surface area contributed by atoms with E-state index in [1.54, 1.807) is 7.11 Å². The van der Waals surface area contributed by atoms with Crippen molar-refractivity contribution in [3.8, 4) is 0 Å². The summed E-state index contributed by atoms with van der Waals surface area (Å²) >= 11 is 0. The predicted molar refractivity (Wildman–Crippen MR) is 74.2 cm³/mol. The van der Waals surface area contributed by atoms with Crippen molar-refractivity contribution in [2.45, 2.75) is 32.0 Å². The summed E-state index contributed by atoms with van der Waals surface area (Å²) in [6.45, 7) is 2.41. The Morgan fingerprint density at radius 2 is 2.11 bits per heavy atom. The summed E-state index contributed by atoms with van der Waals surface area (Å²) in [6, 6.07) is 9.15. The molecule has 1 aliphatic carbocycles. The number of rotatable bonds is 7. The first-order valence-corrected chi connectivity index (χ1v) is 6.71. The molecule has 0 aliphatic heterocycles. The van der Waals surface area contributed by atoms with Gasteiger partial charge in [-0.05, 0) is 36.9 Å². The third kappa shape index (κ3) is 3.55. The van der Waals surface area contributed by atoms with Gasteiger partial charge in [-0.2, -0.15) is 0 Å². The van der Waals surface area contributed by atoms with Gasteiger partial charge < -0.3 is 10.5 Å². The second kappa shape index (κ2) is 6.32. The van der Waals surface area contributed by atoms with E-state index in [1.165, 1.54) is 24.0 Å². The number of methoxy groups -OCH3 is 1. The highest BCUT2D eigenvalue weighted by Gasteiger charge is 2.32. The van der Waals surface area contributed by atoms with E-state index in [1.807, 2.05) is 0 Å². The lowest BCUT2D eigenvalue weighted by Gasteiger charge is -2.27. The van der Waals surface area contributed by atoms with Crippen molar-refractivity contribution in [2.75, 3.05) is 20.7 Å². The first kappa shape index (κ1) is 13.5. The number of nitrogens with two attached hydrogens (primary N) is 1. The van der Waals surface area contributed by atoms with Crippen LogP contribution in [0.5, 0.6) is 0 Å². The summed E-state index contributed by atoms with van der Waals surface area (Å²) in [5.41, 5.74) is 8.46. The first-order valence-electron chi connectivity index (χ1n) is 6.71. The van der Waals surface area contributed by atoms with E-state index >= 15 is 0 Å². The van der Waals surface area contributed by atoms with Gasteiger partial charge in [-0.3, -0.25) is 4.90 Å². The highest BCUT2D eigenvalue weighted by atomic mass is 16.5. The highest BCUT2D eigenvalue weighted by Crippen LogP contribution is 2.34. The first-order chi connectivity index (χ1) is 8.74. The Kier molecular flexibility index (Phi) is 4.75. The molecule has 0 spiro atoms. The molecule has 1 saturated carbocycles. The van der Waals surface area contributed by atoms with E-state index in [9.17, 15) is 0 Å². The van der Waals surface area contributed by atoms with Crippen LogP contribution in [0.4, 0.5) is 0 Å². The van der Waals surface area contributed by atoms with Crippen molar-refractivity contribution in [1.29, 1.82) is 0 Å². The van der Waals surface area contributed by atoms with Crippen LogP contribution in [0.2, 0.25) is 0 Å². The summed E-state index contributed by atoms with van der Waals surface area (Å²) in [7, 11) is 3.91. The molecular formula is C15H24N2O. The minimum absolute atomic E-state index is 0.538. The van der Waals surface area contributed by atoms with Crippen molar-refractivity contribution in [2.24, 2.45) is 11.7 Å². The van der Waals surface area contributed by atoms with Gasteiger partial charge in [0, 0.05) is 26.2 Å². The number of likely N-dealkylation sites (N-methyl/N-ethyl adjacent to an activating group) is 1. The molecule has 0 saturated heterocycles. The molecule has 0 heterocycles. The summed E-state index contributed by atoms with van der Waals surface area (Å²) in [6.07, 6.45) is 2.69. The second-order valence-electron chi connectivity index (χ2n) is 5.31. The molecule has 1 aliphatic rings. The third-order valence-electron chi connectivity index (χ3n) is 3.71. The van der Waals surface area contributed by atoms with E-state index in [2.05, 4.69) is 36.2 Å². The van der Waals surface area contributed by atoms with Gasteiger partial charge in [-0.25, -0.2) is 0 Å². The molecule has 2 N–H and O–H groups in total. The van der Waals surface area contributed by atoms with Crippen LogP contribution in [0.1, 0.15) is 24.0 Å². The van der Waals surface area contributed by atoms with Crippen LogP contribution < -0.4 is 5.73 Å². The summed E-state index contributed by atoms with van der Waals surface area (Å²) in [5, 5.41) is 0. The number of hydrogen-bond donors (Lipinski definition) is 1. The maximum absolute atomic E-state index is 5.88. The number of benzene rings is 1. The molecule has 3 heteroatoms. The molecule has 1 aromatic rings. The third-order valence-corrected chi connectivity index (χ3v) is 3.71. The summed E-state index contributed by atoms with van der Waals surface area (Å²) in [5.74, 6) is 0.821. The van der Waals surface area contributed by atoms with Gasteiger partial charge >= 0.3 is 0 Å². The zero-order valence-corrected chi connectivity index (χ0v) is 11.4. The molecule has 1 fully saturated rings. The van der Waals surface area contributed by atoms with Crippen LogP contribution in [0, 0.1) is 5.92 Å². The molecule has 0 amide bonds. The maximum Gasteiger partial charge on any atom is 0.0713 e. The predicted octanol–water partition coefficient (Wildman–Crippen LogP) is 2.00. The molecule has 0 radical (unpaired) electrons. The molecule has 2 rings (SSSR count). The second-order valence-corrected chi connectivity index (χ2v) is 5.31. The molecule has 0 bridgehead atoms. The molecular weight excluding hydrogens is 224 g/mol. The monoisotopic (exact) mass is 248 g/mol. The Labute approximate surface area is 110 Å². The van der Waals surface area contributed by atoms with E-state index in [0.717, 1.165) is 19.0 Å².